The van der Waals surface area contributed by atoms with Crippen molar-refractivity contribution in [2.45, 2.75) is 0 Å². The first-order chi connectivity index (χ1) is 16.2. The van der Waals surface area contributed by atoms with Crippen LogP contribution in [-0.2, 0) is 0 Å². The Morgan fingerprint density at radius 2 is 1.61 bits per heavy atom. The van der Waals surface area contributed by atoms with E-state index in [1.54, 1.807) is 12.4 Å². The van der Waals surface area contributed by atoms with Crippen LogP contribution in [0.5, 0.6) is 11.5 Å². The second kappa shape index (κ2) is 7.65. The zero-order valence-corrected chi connectivity index (χ0v) is 17.1. The lowest BCUT2D eigenvalue weighted by Gasteiger charge is -2.26. The van der Waals surface area contributed by atoms with Gasteiger partial charge in [0.2, 0.25) is 5.82 Å². The molecule has 1 aliphatic heterocycles. The number of nitrogens with one attached hydrogen (secondary N) is 3. The maximum absolute atomic E-state index is 8.18. The summed E-state index contributed by atoms with van der Waals surface area (Å²) in [5.74, 6) is 2.31. The lowest BCUT2D eigenvalue weighted by molar-refractivity contribution is 0.483. The van der Waals surface area contributed by atoms with Crippen molar-refractivity contribution < 1.29 is 4.74 Å². The van der Waals surface area contributed by atoms with Gasteiger partial charge in [-0.3, -0.25) is 10.4 Å². The van der Waals surface area contributed by atoms with Crippen molar-refractivity contribution in [1.29, 1.82) is 5.41 Å². The van der Waals surface area contributed by atoms with E-state index in [1.165, 1.54) is 0 Å². The van der Waals surface area contributed by atoms with E-state index in [2.05, 4.69) is 30.9 Å². The highest BCUT2D eigenvalue weighted by molar-refractivity contribution is 6.23. The van der Waals surface area contributed by atoms with Crippen molar-refractivity contribution in [2.24, 2.45) is 0 Å². The Morgan fingerprint density at radius 1 is 0.818 bits per heavy atom. The first kappa shape index (κ1) is 18.8. The molecule has 2 aromatic carbocycles. The Balaban J connectivity index is 1.37. The van der Waals surface area contributed by atoms with E-state index in [1.807, 2.05) is 66.7 Å². The average molecular weight is 432 g/mol. The maximum Gasteiger partial charge on any atom is 0.206 e. The Bertz CT molecular complexity index is 1460. The van der Waals surface area contributed by atoms with Gasteiger partial charge in [0.15, 0.2) is 0 Å². The summed E-state index contributed by atoms with van der Waals surface area (Å²) in [7, 11) is 0. The molecule has 0 fully saturated rings. The summed E-state index contributed by atoms with van der Waals surface area (Å²) < 4.78 is 5.90. The number of fused-ring (bicyclic) bond motifs is 1. The molecule has 4 heterocycles. The van der Waals surface area contributed by atoms with E-state index in [-0.39, 0.29) is 0 Å². The van der Waals surface area contributed by atoms with Crippen molar-refractivity contribution in [2.75, 3.05) is 5.32 Å². The number of tetrazole rings is 1. The summed E-state index contributed by atoms with van der Waals surface area (Å²) >= 11 is 0. The number of hydrogen-bond acceptors (Lipinski definition) is 7. The molecule has 0 saturated carbocycles. The molecule has 9 heteroatoms. The number of nitrogens with zero attached hydrogens (tertiary/aromatic N) is 5. The summed E-state index contributed by atoms with van der Waals surface area (Å²) in [6.07, 6.45) is 3.42. The molecule has 9 nitrogen and oxygen atoms in total. The first-order valence-corrected chi connectivity index (χ1v) is 10.2. The third kappa shape index (κ3) is 3.47. The van der Waals surface area contributed by atoms with E-state index < -0.39 is 0 Å². The van der Waals surface area contributed by atoms with Gasteiger partial charge in [0.05, 0.1) is 22.6 Å². The third-order valence-electron chi connectivity index (χ3n) is 5.27. The van der Waals surface area contributed by atoms with Gasteiger partial charge in [0, 0.05) is 29.1 Å². The topological polar surface area (TPSA) is 125 Å². The molecular formula is C24H16N8O. The van der Waals surface area contributed by atoms with Crippen LogP contribution in [0.4, 0.5) is 5.69 Å². The molecule has 5 aromatic rings. The predicted octanol–water partition coefficient (Wildman–Crippen LogP) is 4.53. The number of hydrogen-bond donors (Lipinski definition) is 3. The van der Waals surface area contributed by atoms with Gasteiger partial charge in [-0.2, -0.15) is 5.21 Å². The summed E-state index contributed by atoms with van der Waals surface area (Å²) in [6, 6.07) is 21.2. The van der Waals surface area contributed by atoms with Crippen LogP contribution in [-0.4, -0.2) is 36.4 Å². The second-order valence-corrected chi connectivity index (χ2v) is 7.42. The summed E-state index contributed by atoms with van der Waals surface area (Å²) in [4.78, 5) is 9.20. The van der Waals surface area contributed by atoms with Crippen molar-refractivity contribution >= 4 is 11.5 Å². The molecule has 0 saturated heterocycles. The highest BCUT2D eigenvalue weighted by atomic mass is 16.5. The molecule has 3 N–H and O–H groups in total. The molecule has 0 unspecified atom stereocenters. The van der Waals surface area contributed by atoms with Crippen molar-refractivity contribution in [3.63, 3.8) is 0 Å². The minimum Gasteiger partial charge on any atom is -0.457 e. The van der Waals surface area contributed by atoms with Gasteiger partial charge in [0.25, 0.3) is 0 Å². The Hall–Kier alpha value is -4.92. The van der Waals surface area contributed by atoms with Crippen LogP contribution in [0.15, 0.2) is 79.1 Å². The number of para-hydroxylation sites is 1. The highest BCUT2D eigenvalue weighted by Gasteiger charge is 2.26. The molecule has 158 valence electrons. The molecule has 3 aromatic heterocycles. The van der Waals surface area contributed by atoms with E-state index in [4.69, 9.17) is 15.1 Å². The van der Waals surface area contributed by atoms with Crippen LogP contribution < -0.4 is 10.1 Å². The van der Waals surface area contributed by atoms with Gasteiger partial charge in [-0.1, -0.05) is 18.2 Å². The number of benzene rings is 2. The van der Waals surface area contributed by atoms with Gasteiger partial charge < -0.3 is 10.1 Å². The molecule has 0 radical (unpaired) electrons. The van der Waals surface area contributed by atoms with Crippen LogP contribution in [0, 0.1) is 5.41 Å². The monoisotopic (exact) mass is 432 g/mol. The molecule has 6 rings (SSSR count). The van der Waals surface area contributed by atoms with Crippen LogP contribution >= 0.6 is 0 Å². The van der Waals surface area contributed by atoms with Crippen LogP contribution in [0.2, 0.25) is 0 Å². The molecule has 1 aliphatic rings. The molecule has 0 bridgehead atoms. The van der Waals surface area contributed by atoms with E-state index in [0.29, 0.717) is 11.7 Å². The normalized spacial score (nSPS) is 11.9. The smallest absolute Gasteiger partial charge is 0.206 e. The van der Waals surface area contributed by atoms with Gasteiger partial charge in [-0.05, 0) is 53.7 Å². The number of aromatic nitrogens is 6. The van der Waals surface area contributed by atoms with Gasteiger partial charge in [-0.15, -0.1) is 10.2 Å². The first-order valence-electron chi connectivity index (χ1n) is 10.2. The summed E-state index contributed by atoms with van der Waals surface area (Å²) in [6.45, 7) is 0. The highest BCUT2D eigenvalue weighted by Crippen LogP contribution is 2.38. The summed E-state index contributed by atoms with van der Waals surface area (Å²) in [5.41, 5.74) is 5.53. The molecular weight excluding hydrogens is 416 g/mol. The minimum atomic E-state index is 0.349. The third-order valence-corrected chi connectivity index (χ3v) is 5.27. The van der Waals surface area contributed by atoms with Crippen LogP contribution in [0.3, 0.4) is 0 Å². The standard InChI is InChI=1S/C24H16N8O/c25-23-21-20(28-23)11-19(15-10-16(13-26-12-15)24-29-31-32-30-24)27-22(21)14-6-8-18(9-7-14)33-17-4-2-1-3-5-17/h1-13H,(H2,25,28)(H,29,30,31,32). The lowest BCUT2D eigenvalue weighted by atomic mass is 9.96. The Morgan fingerprint density at radius 3 is 2.36 bits per heavy atom. The zero-order valence-electron chi connectivity index (χ0n) is 17.1. The van der Waals surface area contributed by atoms with E-state index in [0.717, 1.165) is 50.8 Å². The van der Waals surface area contributed by atoms with Crippen molar-refractivity contribution in [3.05, 3.63) is 84.7 Å². The fourth-order valence-electron chi connectivity index (χ4n) is 3.68. The van der Waals surface area contributed by atoms with Crippen LogP contribution in [0.25, 0.3) is 33.9 Å². The van der Waals surface area contributed by atoms with Crippen molar-refractivity contribution in [1.82, 2.24) is 30.6 Å². The number of amidine groups is 1. The number of rotatable bonds is 5. The molecule has 0 aliphatic carbocycles. The average Bonchev–Trinajstić information content (AvgIpc) is 3.39. The Labute approximate surface area is 188 Å². The number of H-pyrrole nitrogens is 1. The largest absolute Gasteiger partial charge is 0.457 e. The van der Waals surface area contributed by atoms with Crippen LogP contribution in [0.1, 0.15) is 5.56 Å². The second-order valence-electron chi connectivity index (χ2n) is 7.42. The van der Waals surface area contributed by atoms with Crippen molar-refractivity contribution in [3.8, 4) is 45.4 Å². The SMILES string of the molecule is N=C1Nc2cc(-c3cncc(-c4nn[nH]n4)c3)nc(-c3ccc(Oc4ccccc4)cc3)c21. The number of ether oxygens (including phenoxy) is 1. The minimum absolute atomic E-state index is 0.349. The number of anilines is 1. The Kier molecular flexibility index (Phi) is 4.36. The van der Waals surface area contributed by atoms with Gasteiger partial charge in [0.1, 0.15) is 17.3 Å². The number of aromatic amines is 1. The molecule has 0 atom stereocenters. The summed E-state index contributed by atoms with van der Waals surface area (Å²) in [5, 5.41) is 25.3. The fraction of sp³-hybridized carbons (Fsp3) is 0. The zero-order chi connectivity index (χ0) is 22.2. The lowest BCUT2D eigenvalue weighted by Crippen LogP contribution is -2.26. The predicted molar refractivity (Wildman–Crippen MR) is 123 cm³/mol. The molecule has 0 spiro atoms. The van der Waals surface area contributed by atoms with Gasteiger partial charge in [-0.25, -0.2) is 4.98 Å². The quantitative estimate of drug-likeness (QED) is 0.372. The molecule has 33 heavy (non-hydrogen) atoms. The number of pyridine rings is 2. The fourth-order valence-corrected chi connectivity index (χ4v) is 3.68. The van der Waals surface area contributed by atoms with Gasteiger partial charge >= 0.3 is 0 Å². The molecule has 0 amide bonds. The maximum atomic E-state index is 8.18. The van der Waals surface area contributed by atoms with E-state index in [9.17, 15) is 0 Å². The van der Waals surface area contributed by atoms with E-state index >= 15 is 0 Å².